The van der Waals surface area contributed by atoms with Crippen LogP contribution in [0.3, 0.4) is 0 Å². The quantitative estimate of drug-likeness (QED) is 0.811. The van der Waals surface area contributed by atoms with E-state index in [0.29, 0.717) is 4.47 Å². The molecule has 1 atom stereocenters. The minimum atomic E-state index is -0.210. The number of nitrogens with one attached hydrogen (secondary N) is 1. The second kappa shape index (κ2) is 7.70. The smallest absolute Gasteiger partial charge is 0.137 e. The third kappa shape index (κ3) is 4.05. The van der Waals surface area contributed by atoms with E-state index in [1.165, 1.54) is 25.3 Å². The maximum absolute atomic E-state index is 13.4. The molecule has 0 aliphatic heterocycles. The molecule has 2 nitrogen and oxygen atoms in total. The first-order valence-electron chi connectivity index (χ1n) is 7.84. The fourth-order valence-corrected chi connectivity index (χ4v) is 3.86. The highest BCUT2D eigenvalue weighted by molar-refractivity contribution is 9.10. The first-order chi connectivity index (χ1) is 10.1. The summed E-state index contributed by atoms with van der Waals surface area (Å²) in [6.07, 6.45) is 6.81. The van der Waals surface area contributed by atoms with Gasteiger partial charge in [-0.05, 0) is 59.4 Å². The van der Waals surface area contributed by atoms with Crippen LogP contribution >= 0.6 is 15.9 Å². The van der Waals surface area contributed by atoms with E-state index in [4.69, 9.17) is 4.74 Å². The molecule has 0 spiro atoms. The van der Waals surface area contributed by atoms with Crippen molar-refractivity contribution in [3.05, 3.63) is 34.1 Å². The van der Waals surface area contributed by atoms with Crippen LogP contribution in [0.1, 0.15) is 44.6 Å². The van der Waals surface area contributed by atoms with Crippen molar-refractivity contribution in [3.8, 4) is 0 Å². The molecule has 21 heavy (non-hydrogen) atoms. The van der Waals surface area contributed by atoms with Crippen molar-refractivity contribution in [3.63, 3.8) is 0 Å². The first-order valence-corrected chi connectivity index (χ1v) is 8.63. The van der Waals surface area contributed by atoms with Crippen molar-refractivity contribution in [1.82, 2.24) is 5.32 Å². The van der Waals surface area contributed by atoms with E-state index in [1.54, 1.807) is 0 Å². The molecule has 1 fully saturated rings. The average Bonchev–Trinajstić information content (AvgIpc) is 2.51. The fourth-order valence-electron chi connectivity index (χ4n) is 3.44. The highest BCUT2D eigenvalue weighted by Gasteiger charge is 2.39. The zero-order valence-electron chi connectivity index (χ0n) is 12.9. The van der Waals surface area contributed by atoms with E-state index >= 15 is 0 Å². The molecule has 1 aliphatic rings. The number of hydrogen-bond donors (Lipinski definition) is 1. The lowest BCUT2D eigenvalue weighted by molar-refractivity contribution is -0.0669. The summed E-state index contributed by atoms with van der Waals surface area (Å²) in [6, 6.07) is 5.55. The fraction of sp³-hybridized carbons (Fsp3) is 0.647. The van der Waals surface area contributed by atoms with Crippen molar-refractivity contribution in [1.29, 1.82) is 0 Å². The predicted octanol–water partition coefficient (Wildman–Crippen LogP) is 4.46. The van der Waals surface area contributed by atoms with Crippen LogP contribution in [0.5, 0.6) is 0 Å². The van der Waals surface area contributed by atoms with Gasteiger partial charge in [-0.1, -0.05) is 32.3 Å². The molecule has 0 bridgehead atoms. The van der Waals surface area contributed by atoms with Crippen molar-refractivity contribution in [2.24, 2.45) is 0 Å². The average molecular weight is 358 g/mol. The molecule has 0 radical (unpaired) electrons. The van der Waals surface area contributed by atoms with Crippen LogP contribution in [-0.4, -0.2) is 25.3 Å². The molecule has 1 aromatic rings. The van der Waals surface area contributed by atoms with Crippen molar-refractivity contribution < 1.29 is 9.13 Å². The highest BCUT2D eigenvalue weighted by atomic mass is 79.9. The summed E-state index contributed by atoms with van der Waals surface area (Å²) in [5, 5.41) is 3.59. The number of ether oxygens (including phenoxy) is 1. The second-order valence-electron chi connectivity index (χ2n) is 5.89. The number of rotatable bonds is 6. The molecule has 0 saturated heterocycles. The Bertz CT molecular complexity index is 460. The lowest BCUT2D eigenvalue weighted by Gasteiger charge is -2.43. The first kappa shape index (κ1) is 16.9. The zero-order valence-corrected chi connectivity index (χ0v) is 14.5. The lowest BCUT2D eigenvalue weighted by atomic mass is 9.77. The van der Waals surface area contributed by atoms with E-state index in [9.17, 15) is 4.39 Å². The summed E-state index contributed by atoms with van der Waals surface area (Å²) in [5.74, 6) is -0.210. The van der Waals surface area contributed by atoms with E-state index < -0.39 is 0 Å². The van der Waals surface area contributed by atoms with Gasteiger partial charge in [0.25, 0.3) is 0 Å². The summed E-state index contributed by atoms with van der Waals surface area (Å²) in [4.78, 5) is 0. The Kier molecular flexibility index (Phi) is 6.20. The highest BCUT2D eigenvalue weighted by Crippen LogP contribution is 2.35. The molecule has 1 aliphatic carbocycles. The largest absolute Gasteiger partial charge is 0.377 e. The standard InChI is InChI=1S/C17H25BrFNO/c1-3-20-16(17(21-2)9-5-4-6-10-17)12-13-7-8-15(19)14(18)11-13/h7-8,11,16,20H,3-6,9-10,12H2,1-2H3. The number of likely N-dealkylation sites (N-methyl/N-ethyl adjacent to an activating group) is 1. The molecule has 0 amide bonds. The number of methoxy groups -OCH3 is 1. The van der Waals surface area contributed by atoms with Gasteiger partial charge >= 0.3 is 0 Å². The third-order valence-electron chi connectivity index (χ3n) is 4.62. The van der Waals surface area contributed by atoms with Crippen LogP contribution in [0, 0.1) is 5.82 Å². The van der Waals surface area contributed by atoms with Crippen molar-refractivity contribution in [2.45, 2.75) is 57.1 Å². The maximum atomic E-state index is 13.4. The van der Waals surface area contributed by atoms with Gasteiger partial charge in [-0.2, -0.15) is 0 Å². The van der Waals surface area contributed by atoms with Crippen LogP contribution < -0.4 is 5.32 Å². The Morgan fingerprint density at radius 3 is 2.62 bits per heavy atom. The third-order valence-corrected chi connectivity index (χ3v) is 5.22. The molecule has 0 heterocycles. The molecule has 118 valence electrons. The SMILES string of the molecule is CCNC(Cc1ccc(F)c(Br)c1)C1(OC)CCCCC1. The maximum Gasteiger partial charge on any atom is 0.137 e. The molecule has 1 unspecified atom stereocenters. The number of hydrogen-bond acceptors (Lipinski definition) is 2. The summed E-state index contributed by atoms with van der Waals surface area (Å²) >= 11 is 3.27. The minimum absolute atomic E-state index is 0.0882. The Hall–Kier alpha value is -0.450. The van der Waals surface area contributed by atoms with Crippen molar-refractivity contribution >= 4 is 15.9 Å². The predicted molar refractivity (Wildman–Crippen MR) is 88.1 cm³/mol. The minimum Gasteiger partial charge on any atom is -0.377 e. The normalized spacial score (nSPS) is 19.4. The molecule has 4 heteroatoms. The van der Waals surface area contributed by atoms with E-state index in [-0.39, 0.29) is 17.5 Å². The van der Waals surface area contributed by atoms with Gasteiger partial charge in [-0.25, -0.2) is 4.39 Å². The van der Waals surface area contributed by atoms with E-state index in [1.807, 2.05) is 19.2 Å². The van der Waals surface area contributed by atoms with Gasteiger partial charge in [0.2, 0.25) is 0 Å². The van der Waals surface area contributed by atoms with Gasteiger partial charge in [0.05, 0.1) is 10.1 Å². The Morgan fingerprint density at radius 2 is 2.05 bits per heavy atom. The topological polar surface area (TPSA) is 21.3 Å². The van der Waals surface area contributed by atoms with E-state index in [0.717, 1.165) is 31.4 Å². The number of halogens is 2. The monoisotopic (exact) mass is 357 g/mol. The Balaban J connectivity index is 2.18. The van der Waals surface area contributed by atoms with Gasteiger partial charge in [0.1, 0.15) is 5.82 Å². The molecule has 1 saturated carbocycles. The summed E-state index contributed by atoms with van der Waals surface area (Å²) in [7, 11) is 1.83. The van der Waals surface area contributed by atoms with E-state index in [2.05, 4.69) is 28.2 Å². The molecule has 1 aromatic carbocycles. The molecule has 0 aromatic heterocycles. The van der Waals surface area contributed by atoms with Crippen LogP contribution in [0.4, 0.5) is 4.39 Å². The molecule has 2 rings (SSSR count). The van der Waals surface area contributed by atoms with Gasteiger partial charge in [0.15, 0.2) is 0 Å². The summed E-state index contributed by atoms with van der Waals surface area (Å²) < 4.78 is 19.9. The number of benzene rings is 1. The molecule has 1 N–H and O–H groups in total. The second-order valence-corrected chi connectivity index (χ2v) is 6.75. The van der Waals surface area contributed by atoms with Crippen LogP contribution in [0.15, 0.2) is 22.7 Å². The Labute approximate surface area is 135 Å². The van der Waals surface area contributed by atoms with Gasteiger partial charge in [-0.15, -0.1) is 0 Å². The van der Waals surface area contributed by atoms with Crippen LogP contribution in [0.2, 0.25) is 0 Å². The summed E-state index contributed by atoms with van der Waals surface area (Å²) in [5.41, 5.74) is 1.05. The van der Waals surface area contributed by atoms with Gasteiger partial charge < -0.3 is 10.1 Å². The molecular weight excluding hydrogens is 333 g/mol. The van der Waals surface area contributed by atoms with Gasteiger partial charge in [-0.3, -0.25) is 0 Å². The van der Waals surface area contributed by atoms with Gasteiger partial charge in [0, 0.05) is 13.2 Å². The lowest BCUT2D eigenvalue weighted by Crippen LogP contribution is -2.54. The van der Waals surface area contributed by atoms with Crippen LogP contribution in [-0.2, 0) is 11.2 Å². The zero-order chi connectivity index (χ0) is 15.3. The summed E-state index contributed by atoms with van der Waals surface area (Å²) in [6.45, 7) is 3.04. The van der Waals surface area contributed by atoms with Crippen molar-refractivity contribution in [2.75, 3.05) is 13.7 Å². The molecular formula is C17H25BrFNO. The van der Waals surface area contributed by atoms with Crippen LogP contribution in [0.25, 0.3) is 0 Å². The Morgan fingerprint density at radius 1 is 1.33 bits per heavy atom.